The molecule has 1 fully saturated rings. The second-order valence-electron chi connectivity index (χ2n) is 5.23. The van der Waals surface area contributed by atoms with Crippen LogP contribution in [0.15, 0.2) is 29.2 Å². The summed E-state index contributed by atoms with van der Waals surface area (Å²) in [6, 6.07) is 5.83. The first kappa shape index (κ1) is 17.5. The lowest BCUT2D eigenvalue weighted by molar-refractivity contribution is 0.237. The minimum atomic E-state index is -3.79. The number of carbonyl (C=O) groups excluding carboxylic acids is 1. The van der Waals surface area contributed by atoms with Gasteiger partial charge >= 0.3 is 6.03 Å². The topological polar surface area (TPSA) is 110 Å². The number of amides is 2. The fourth-order valence-electron chi connectivity index (χ4n) is 2.36. The van der Waals surface area contributed by atoms with E-state index in [1.165, 1.54) is 18.6 Å². The Labute approximate surface area is 126 Å². The number of aryl methyl sites for hydroxylation is 1. The fraction of sp³-hybridized carbons (Fsp3) is 0.500. The normalized spacial score (nSPS) is 15.9. The van der Waals surface area contributed by atoms with Crippen LogP contribution in [0.25, 0.3) is 0 Å². The van der Waals surface area contributed by atoms with Crippen LogP contribution in [-0.4, -0.2) is 20.5 Å². The van der Waals surface area contributed by atoms with Gasteiger partial charge in [0, 0.05) is 6.04 Å². The van der Waals surface area contributed by atoms with Gasteiger partial charge in [0.15, 0.2) is 0 Å². The minimum Gasteiger partial charge on any atom is -0.344 e. The number of hydrogen-bond acceptors (Lipinski definition) is 4. The summed E-state index contributed by atoms with van der Waals surface area (Å²) in [5.41, 5.74) is 0.968. The van der Waals surface area contributed by atoms with Crippen molar-refractivity contribution in [3.63, 3.8) is 0 Å². The van der Waals surface area contributed by atoms with E-state index in [4.69, 9.17) is 0 Å². The van der Waals surface area contributed by atoms with Gasteiger partial charge in [-0.25, -0.2) is 17.9 Å². The molecule has 0 saturated heterocycles. The summed E-state index contributed by atoms with van der Waals surface area (Å²) in [6.07, 6.45) is 5.17. The Bertz CT molecular complexity index is 564. The molecule has 21 heavy (non-hydrogen) atoms. The number of urea groups is 1. The third kappa shape index (κ3) is 5.02. The van der Waals surface area contributed by atoms with Crippen LogP contribution >= 0.6 is 0 Å². The third-order valence-electron chi connectivity index (χ3n) is 3.50. The second kappa shape index (κ2) is 7.42. The minimum absolute atomic E-state index is 0. The van der Waals surface area contributed by atoms with Crippen molar-refractivity contribution in [2.75, 3.05) is 0 Å². The SMILES string of the molecule is Cc1ccc(S(=O)(=O)NC(=O)NC2CCCCC2)cc1.N. The van der Waals surface area contributed by atoms with Gasteiger partial charge in [0.25, 0.3) is 10.0 Å². The summed E-state index contributed by atoms with van der Waals surface area (Å²) in [5, 5.41) is 2.73. The highest BCUT2D eigenvalue weighted by molar-refractivity contribution is 7.90. The molecule has 0 atom stereocenters. The van der Waals surface area contributed by atoms with E-state index in [1.807, 2.05) is 6.92 Å². The number of rotatable bonds is 3. The highest BCUT2D eigenvalue weighted by Crippen LogP contribution is 2.17. The highest BCUT2D eigenvalue weighted by Gasteiger charge is 2.20. The van der Waals surface area contributed by atoms with Gasteiger partial charge in [-0.1, -0.05) is 37.0 Å². The van der Waals surface area contributed by atoms with Crippen LogP contribution in [0.4, 0.5) is 4.79 Å². The van der Waals surface area contributed by atoms with Gasteiger partial charge < -0.3 is 11.5 Å². The van der Waals surface area contributed by atoms with E-state index in [0.717, 1.165) is 31.2 Å². The van der Waals surface area contributed by atoms with E-state index in [9.17, 15) is 13.2 Å². The van der Waals surface area contributed by atoms with E-state index in [2.05, 4.69) is 10.0 Å². The average Bonchev–Trinajstić information content (AvgIpc) is 2.39. The highest BCUT2D eigenvalue weighted by atomic mass is 32.2. The third-order valence-corrected chi connectivity index (χ3v) is 4.85. The van der Waals surface area contributed by atoms with Crippen molar-refractivity contribution in [3.05, 3.63) is 29.8 Å². The van der Waals surface area contributed by atoms with Gasteiger partial charge in [-0.05, 0) is 31.9 Å². The molecule has 5 N–H and O–H groups in total. The van der Waals surface area contributed by atoms with Crippen LogP contribution in [0.3, 0.4) is 0 Å². The molecule has 1 aromatic rings. The first-order valence-corrected chi connectivity index (χ1v) is 8.36. The molecular formula is C14H23N3O3S. The van der Waals surface area contributed by atoms with Crippen LogP contribution in [0.2, 0.25) is 0 Å². The average molecular weight is 313 g/mol. The van der Waals surface area contributed by atoms with Crippen LogP contribution in [-0.2, 0) is 10.0 Å². The summed E-state index contributed by atoms with van der Waals surface area (Å²) in [6.45, 7) is 1.87. The van der Waals surface area contributed by atoms with Gasteiger partial charge in [0.1, 0.15) is 0 Å². The van der Waals surface area contributed by atoms with Crippen LogP contribution in [0.5, 0.6) is 0 Å². The van der Waals surface area contributed by atoms with Crippen molar-refractivity contribution >= 4 is 16.1 Å². The zero-order valence-corrected chi connectivity index (χ0v) is 13.1. The fourth-order valence-corrected chi connectivity index (χ4v) is 3.28. The van der Waals surface area contributed by atoms with E-state index in [1.54, 1.807) is 12.1 Å². The summed E-state index contributed by atoms with van der Waals surface area (Å²) in [4.78, 5) is 11.9. The van der Waals surface area contributed by atoms with Gasteiger partial charge in [0.2, 0.25) is 0 Å². The molecule has 0 bridgehead atoms. The molecule has 6 nitrogen and oxygen atoms in total. The zero-order valence-electron chi connectivity index (χ0n) is 12.3. The van der Waals surface area contributed by atoms with Crippen molar-refractivity contribution in [3.8, 4) is 0 Å². The summed E-state index contributed by atoms with van der Waals surface area (Å²) < 4.78 is 26.1. The molecule has 2 rings (SSSR count). The lowest BCUT2D eigenvalue weighted by atomic mass is 9.96. The predicted molar refractivity (Wildman–Crippen MR) is 81.9 cm³/mol. The molecule has 0 aliphatic heterocycles. The van der Waals surface area contributed by atoms with Gasteiger partial charge in [-0.3, -0.25) is 0 Å². The van der Waals surface area contributed by atoms with Crippen LogP contribution in [0.1, 0.15) is 37.7 Å². The molecule has 0 unspecified atom stereocenters. The van der Waals surface area contributed by atoms with Crippen molar-refractivity contribution in [2.45, 2.75) is 50.0 Å². The molecule has 7 heteroatoms. The molecule has 0 radical (unpaired) electrons. The summed E-state index contributed by atoms with van der Waals surface area (Å²) in [7, 11) is -3.79. The van der Waals surface area contributed by atoms with Gasteiger partial charge in [-0.15, -0.1) is 0 Å². The maximum Gasteiger partial charge on any atom is 0.328 e. The maximum atomic E-state index is 12.0. The Morgan fingerprint density at radius 1 is 1.10 bits per heavy atom. The lowest BCUT2D eigenvalue weighted by Crippen LogP contribution is -2.45. The number of nitrogens with one attached hydrogen (secondary N) is 2. The molecule has 118 valence electrons. The Kier molecular flexibility index (Phi) is 6.17. The molecule has 1 saturated carbocycles. The maximum absolute atomic E-state index is 12.0. The number of sulfonamides is 1. The van der Waals surface area contributed by atoms with Crippen molar-refractivity contribution < 1.29 is 13.2 Å². The standard InChI is InChI=1S/C14H20N2O3S.H3N/c1-11-7-9-13(10-8-11)20(18,19)16-14(17)15-12-5-3-2-4-6-12;/h7-10,12H,2-6H2,1H3,(H2,15,16,17);1H3. The first-order valence-electron chi connectivity index (χ1n) is 6.87. The molecule has 1 aromatic carbocycles. The predicted octanol–water partition coefficient (Wildman–Crippen LogP) is 2.48. The van der Waals surface area contributed by atoms with Crippen molar-refractivity contribution in [1.29, 1.82) is 0 Å². The lowest BCUT2D eigenvalue weighted by Gasteiger charge is -2.22. The van der Waals surface area contributed by atoms with Gasteiger partial charge in [0.05, 0.1) is 4.90 Å². The van der Waals surface area contributed by atoms with Gasteiger partial charge in [-0.2, -0.15) is 0 Å². The van der Waals surface area contributed by atoms with E-state index in [0.29, 0.717) is 0 Å². The van der Waals surface area contributed by atoms with Crippen molar-refractivity contribution in [1.82, 2.24) is 16.2 Å². The quantitative estimate of drug-likeness (QED) is 0.796. The zero-order chi connectivity index (χ0) is 14.6. The smallest absolute Gasteiger partial charge is 0.328 e. The molecular weight excluding hydrogens is 290 g/mol. The van der Waals surface area contributed by atoms with E-state index < -0.39 is 16.1 Å². The Balaban J connectivity index is 0.00000220. The monoisotopic (exact) mass is 313 g/mol. The Hall–Kier alpha value is -1.60. The van der Waals surface area contributed by atoms with Crippen LogP contribution < -0.4 is 16.2 Å². The first-order chi connectivity index (χ1) is 9.47. The van der Waals surface area contributed by atoms with E-state index in [-0.39, 0.29) is 17.1 Å². The second-order valence-corrected chi connectivity index (χ2v) is 6.91. The largest absolute Gasteiger partial charge is 0.344 e. The molecule has 0 heterocycles. The van der Waals surface area contributed by atoms with E-state index >= 15 is 0 Å². The Morgan fingerprint density at radius 2 is 1.67 bits per heavy atom. The number of hydrogen-bond donors (Lipinski definition) is 3. The molecule has 1 aliphatic rings. The molecule has 0 spiro atoms. The van der Waals surface area contributed by atoms with Crippen molar-refractivity contribution in [2.24, 2.45) is 0 Å². The molecule has 1 aliphatic carbocycles. The molecule has 0 aromatic heterocycles. The molecule has 2 amide bonds. The summed E-state index contributed by atoms with van der Waals surface area (Å²) >= 11 is 0. The number of carbonyl (C=O) groups is 1. The Morgan fingerprint density at radius 3 is 2.24 bits per heavy atom. The van der Waals surface area contributed by atoms with Crippen LogP contribution in [0, 0.1) is 6.92 Å². The summed E-state index contributed by atoms with van der Waals surface area (Å²) in [5.74, 6) is 0. The number of benzene rings is 1.